The van der Waals surface area contributed by atoms with Crippen molar-refractivity contribution in [3.63, 3.8) is 0 Å². The summed E-state index contributed by atoms with van der Waals surface area (Å²) in [6.07, 6.45) is 2.97. The maximum atomic E-state index is 13.9. The maximum Gasteiger partial charge on any atom is 0.363 e. The molecule has 3 heterocycles. The average Bonchev–Trinajstić information content (AvgIpc) is 1.25. The zero-order valence-electron chi connectivity index (χ0n) is 51.9. The van der Waals surface area contributed by atoms with Crippen LogP contribution < -0.4 is 35.9 Å². The Bertz CT molecular complexity index is 3580. The monoisotopic (exact) mass is 1340 g/mol. The molecule has 0 spiro atoms. The number of halogens is 7. The van der Waals surface area contributed by atoms with Gasteiger partial charge in [-0.1, -0.05) is 85.6 Å². The second-order valence-electron chi connectivity index (χ2n) is 21.9. The van der Waals surface area contributed by atoms with E-state index in [1.165, 1.54) is 42.7 Å². The zero-order valence-corrected chi connectivity index (χ0v) is 55.0. The fraction of sp³-hybridized carbons (Fsp3) is 0.364. The lowest BCUT2D eigenvalue weighted by Crippen LogP contribution is -2.30. The number of hydrogen-bond acceptors (Lipinski definition) is 15. The number of nitrogens with zero attached hydrogens (tertiary/aromatic N) is 2. The van der Waals surface area contributed by atoms with E-state index in [4.69, 9.17) is 43.1 Å². The van der Waals surface area contributed by atoms with E-state index in [0.717, 1.165) is 40.7 Å². The third kappa shape index (κ3) is 22.6. The number of ketones is 2. The summed E-state index contributed by atoms with van der Waals surface area (Å²) < 4.78 is 88.6. The molecule has 7 aromatic rings. The van der Waals surface area contributed by atoms with Gasteiger partial charge in [-0.25, -0.2) is 27.9 Å². The number of esters is 1. The summed E-state index contributed by atoms with van der Waals surface area (Å²) in [7, 11) is 3.03. The Morgan fingerprint density at radius 1 is 0.582 bits per heavy atom. The van der Waals surface area contributed by atoms with Gasteiger partial charge in [0.2, 0.25) is 46.6 Å². The molecule has 5 N–H and O–H groups in total. The smallest absolute Gasteiger partial charge is 0.363 e. The average molecular weight is 1340 g/mol. The number of nitrogens with two attached hydrogens (primary N) is 1. The molecule has 16 nitrogen and oxygen atoms in total. The van der Waals surface area contributed by atoms with Crippen molar-refractivity contribution in [2.75, 3.05) is 27.3 Å². The summed E-state index contributed by atoms with van der Waals surface area (Å²) >= 11 is 14.9. The van der Waals surface area contributed by atoms with Crippen molar-refractivity contribution in [3.05, 3.63) is 168 Å². The molecule has 1 fully saturated rings. The van der Waals surface area contributed by atoms with E-state index in [-0.39, 0.29) is 76.8 Å². The summed E-state index contributed by atoms with van der Waals surface area (Å²) in [6.45, 7) is 17.2. The zero-order chi connectivity index (χ0) is 67.2. The number of carbonyl (C=O) groups is 6. The Morgan fingerprint density at radius 2 is 0.967 bits per heavy atom. The molecule has 0 aliphatic carbocycles. The lowest BCUT2D eigenvalue weighted by Gasteiger charge is -2.16. The summed E-state index contributed by atoms with van der Waals surface area (Å²) in [6, 6.07) is 24.3. The standard InChI is InChI=1S/C31H24ClF5N2O5S.C28H32ClN3O4S.C4H8O.C3H9N/c1-14(2)43-22-9-8-17(11-19(22)32)21(40)12-18(29(41)38-3)10-15-4-6-16(7-5-15)30-39-20(13-45-30)31(42)44-28-26(36)24(34)23(33)25(35)27(28)37;1-16(2)31-27(35)23-15-37-28(32-23)19-8-6-18(7-9-19)12-21(26(34)30-5)14-24(33)20-10-11-25(22(29)13-20)36-17(3)4;1-2-4-5-3-1;1-3(2)4/h4-9,11,13-14,18H,10,12H2,1-3H3,(H,38,41);6-11,13,15-17,21H,12,14H2,1-5H3,(H,30,34)(H,31,35);1-4H2;3H,4H2,1-2H3/t18-;21-;;/m11../s1. The molecule has 1 aliphatic heterocycles. The van der Waals surface area contributed by atoms with E-state index in [2.05, 4.69) is 30.7 Å². The number of nitrogens with one attached hydrogen (secondary N) is 3. The van der Waals surface area contributed by atoms with E-state index in [1.807, 2.05) is 79.7 Å². The number of rotatable bonds is 22. The molecule has 0 unspecified atom stereocenters. The topological polar surface area (TPSA) is 227 Å². The highest BCUT2D eigenvalue weighted by molar-refractivity contribution is 7.13. The predicted octanol–water partition coefficient (Wildman–Crippen LogP) is 14.1. The van der Waals surface area contributed by atoms with E-state index >= 15 is 0 Å². The van der Waals surface area contributed by atoms with Crippen molar-refractivity contribution in [1.29, 1.82) is 0 Å². The lowest BCUT2D eigenvalue weighted by atomic mass is 9.91. The van der Waals surface area contributed by atoms with Gasteiger partial charge < -0.3 is 40.6 Å². The van der Waals surface area contributed by atoms with E-state index in [0.29, 0.717) is 56.9 Å². The molecule has 2 aromatic heterocycles. The van der Waals surface area contributed by atoms with Crippen LogP contribution in [0.15, 0.2) is 95.7 Å². The highest BCUT2D eigenvalue weighted by atomic mass is 35.5. The first kappa shape index (κ1) is 74.1. The predicted molar refractivity (Wildman–Crippen MR) is 343 cm³/mol. The van der Waals surface area contributed by atoms with Crippen LogP contribution in [0.5, 0.6) is 17.2 Å². The fourth-order valence-corrected chi connectivity index (χ4v) is 10.5. The number of benzene rings is 5. The Labute approximate surface area is 543 Å². The molecule has 25 heteroatoms. The number of ether oxygens (including phenoxy) is 4. The largest absolute Gasteiger partial charge is 0.489 e. The van der Waals surface area contributed by atoms with Crippen molar-refractivity contribution >= 4 is 81.1 Å². The van der Waals surface area contributed by atoms with E-state index < -0.39 is 58.3 Å². The molecular weight excluding hydrogens is 1270 g/mol. The third-order valence-electron chi connectivity index (χ3n) is 12.8. The molecule has 91 heavy (non-hydrogen) atoms. The van der Waals surface area contributed by atoms with Crippen LogP contribution >= 0.6 is 45.9 Å². The molecule has 1 aliphatic rings. The molecule has 488 valence electrons. The van der Waals surface area contributed by atoms with Gasteiger partial charge in [0.25, 0.3) is 5.91 Å². The van der Waals surface area contributed by atoms with Gasteiger partial charge in [0.15, 0.2) is 17.3 Å². The minimum atomic E-state index is -2.38. The Balaban J connectivity index is 0.000000294. The van der Waals surface area contributed by atoms with Gasteiger partial charge in [0, 0.05) is 91.0 Å². The highest BCUT2D eigenvalue weighted by Gasteiger charge is 2.30. The van der Waals surface area contributed by atoms with Crippen LogP contribution in [0, 0.1) is 40.9 Å². The number of aromatic nitrogens is 2. The van der Waals surface area contributed by atoms with Crippen molar-refractivity contribution in [2.24, 2.45) is 17.6 Å². The molecule has 0 radical (unpaired) electrons. The minimum Gasteiger partial charge on any atom is -0.489 e. The molecular formula is C66H73Cl2F5N6O10S2. The van der Waals surface area contributed by atoms with Gasteiger partial charge >= 0.3 is 5.97 Å². The summed E-state index contributed by atoms with van der Waals surface area (Å²) in [5.41, 5.74) is 8.86. The van der Waals surface area contributed by atoms with Crippen molar-refractivity contribution < 1.29 is 69.7 Å². The SMILES string of the molecule is C1CCOC1.CC(C)N.CNC(=O)[C@@H](CC(=O)c1ccc(OC(C)C)c(Cl)c1)Cc1ccc(-c2nc(C(=O)NC(C)C)cs2)cc1.CNC(=O)[C@@H](CC(=O)c1ccc(OC(C)C)c(Cl)c1)Cc1ccc(-c2nc(C(=O)Oc3c(F)c(F)c(F)c(F)c3F)cs2)cc1. The number of thiazole rings is 2. The summed E-state index contributed by atoms with van der Waals surface area (Å²) in [4.78, 5) is 84.3. The van der Waals surface area contributed by atoms with Crippen LogP contribution in [0.25, 0.3) is 21.1 Å². The second kappa shape index (κ2) is 35.8. The summed E-state index contributed by atoms with van der Waals surface area (Å²) in [5.74, 6) is -16.1. The number of carbonyl (C=O) groups excluding carboxylic acids is 6. The fourth-order valence-electron chi connectivity index (χ4n) is 8.47. The van der Waals surface area contributed by atoms with E-state index in [1.54, 1.807) is 67.0 Å². The van der Waals surface area contributed by atoms with Crippen LogP contribution in [-0.2, 0) is 27.2 Å². The Kier molecular flexibility index (Phi) is 29.1. The number of amides is 3. The van der Waals surface area contributed by atoms with Gasteiger partial charge in [-0.3, -0.25) is 24.0 Å². The highest BCUT2D eigenvalue weighted by Crippen LogP contribution is 2.33. The van der Waals surface area contributed by atoms with Crippen molar-refractivity contribution in [3.8, 4) is 38.4 Å². The van der Waals surface area contributed by atoms with Crippen molar-refractivity contribution in [2.45, 2.75) is 118 Å². The van der Waals surface area contributed by atoms with Crippen LogP contribution in [0.2, 0.25) is 10.0 Å². The van der Waals surface area contributed by atoms with Gasteiger partial charge in [0.05, 0.1) is 22.3 Å². The normalized spacial score (nSPS) is 12.4. The molecule has 3 amide bonds. The maximum absolute atomic E-state index is 13.9. The molecule has 0 saturated carbocycles. The Morgan fingerprint density at radius 3 is 1.32 bits per heavy atom. The molecule has 0 bridgehead atoms. The molecule has 8 rings (SSSR count). The first-order valence-corrected chi connectivity index (χ1v) is 31.5. The van der Waals surface area contributed by atoms with Crippen LogP contribution in [0.3, 0.4) is 0 Å². The first-order chi connectivity index (χ1) is 43.1. The molecule has 1 saturated heterocycles. The van der Waals surface area contributed by atoms with Crippen LogP contribution in [0.4, 0.5) is 22.0 Å². The van der Waals surface area contributed by atoms with Gasteiger partial charge in [-0.05, 0) is 121 Å². The third-order valence-corrected chi connectivity index (χ3v) is 15.1. The number of Topliss-reactive ketones (excluding diaryl/α,β-unsaturated/α-hetero) is 2. The van der Waals surface area contributed by atoms with E-state index in [9.17, 15) is 50.7 Å². The van der Waals surface area contributed by atoms with Gasteiger partial charge in [-0.15, -0.1) is 22.7 Å². The number of hydrogen-bond donors (Lipinski definition) is 4. The summed E-state index contributed by atoms with van der Waals surface area (Å²) in [5, 5.41) is 12.7. The van der Waals surface area contributed by atoms with Gasteiger partial charge in [0.1, 0.15) is 27.2 Å². The van der Waals surface area contributed by atoms with Crippen LogP contribution in [0.1, 0.15) is 134 Å². The second-order valence-corrected chi connectivity index (χ2v) is 24.4. The quantitative estimate of drug-likeness (QED) is 0.0124. The van der Waals surface area contributed by atoms with Crippen LogP contribution in [-0.4, -0.2) is 96.8 Å². The Hall–Kier alpha value is -7.67. The van der Waals surface area contributed by atoms with Crippen molar-refractivity contribution in [1.82, 2.24) is 25.9 Å². The van der Waals surface area contributed by atoms with Gasteiger partial charge in [-0.2, -0.15) is 8.78 Å². The molecule has 2 atom stereocenters. The first-order valence-electron chi connectivity index (χ1n) is 29.0. The minimum absolute atomic E-state index is 0.0346. The molecule has 5 aromatic carbocycles. The lowest BCUT2D eigenvalue weighted by molar-refractivity contribution is -0.125.